The van der Waals surface area contributed by atoms with Crippen molar-refractivity contribution < 1.29 is 47.3 Å². The molecule has 1 saturated heterocycles. The minimum Gasteiger partial charge on any atom is -0.456 e. The quantitative estimate of drug-likeness (QED) is 0.249. The number of rotatable bonds is 10. The van der Waals surface area contributed by atoms with E-state index in [2.05, 4.69) is 41.5 Å². The topological polar surface area (TPSA) is 124 Å². The third-order valence-corrected chi connectivity index (χ3v) is 12.1. The Bertz CT molecular complexity index is 713. The van der Waals surface area contributed by atoms with Crippen molar-refractivity contribution in [3.63, 3.8) is 0 Å². The van der Waals surface area contributed by atoms with E-state index in [0.717, 1.165) is 6.92 Å². The van der Waals surface area contributed by atoms with Crippen LogP contribution in [0.4, 0.5) is 0 Å². The number of ether oxygens (including phenoxy) is 5. The molecule has 1 rings (SSSR count). The SMILES string of the molecule is CC(=O)O[C@H]1O[C@H](CO[Si](C(C)C)(C(C)C)C(C)C)[C@@H](OC(C)=O)[C@H](OC(C)=O)[C@@H]1OC(C)=O. The second-order valence-corrected chi connectivity index (χ2v) is 15.0. The lowest BCUT2D eigenvalue weighted by atomic mass is 9.98. The van der Waals surface area contributed by atoms with Crippen LogP contribution in [-0.4, -0.2) is 69.5 Å². The van der Waals surface area contributed by atoms with E-state index < -0.39 is 62.9 Å². The van der Waals surface area contributed by atoms with Crippen LogP contribution in [0, 0.1) is 0 Å². The monoisotopic (exact) mass is 504 g/mol. The van der Waals surface area contributed by atoms with Gasteiger partial charge in [0.15, 0.2) is 20.5 Å². The highest BCUT2D eigenvalue weighted by atomic mass is 28.4. The van der Waals surface area contributed by atoms with Crippen LogP contribution < -0.4 is 0 Å². The standard InChI is InChI=1S/C23H40O10Si/c1-12(2)34(13(3)4,14(5)6)28-11-19-20(29-15(7)24)21(30-16(8)25)22(31-17(9)26)23(33-19)32-18(10)27/h12-14,19-23H,11H2,1-10H3/t19-,20-,21+,22+,23+/m1/s1. The fourth-order valence-corrected chi connectivity index (χ4v) is 10.4. The second kappa shape index (κ2) is 12.6. The molecule has 0 radical (unpaired) electrons. The molecule has 1 heterocycles. The Morgan fingerprint density at radius 2 is 1.03 bits per heavy atom. The predicted octanol–water partition coefficient (Wildman–Crippen LogP) is 3.26. The molecule has 0 spiro atoms. The highest BCUT2D eigenvalue weighted by Crippen LogP contribution is 2.43. The van der Waals surface area contributed by atoms with E-state index in [1.165, 1.54) is 20.8 Å². The molecule has 1 aliphatic heterocycles. The maximum atomic E-state index is 12.0. The van der Waals surface area contributed by atoms with Gasteiger partial charge >= 0.3 is 23.9 Å². The largest absolute Gasteiger partial charge is 0.456 e. The smallest absolute Gasteiger partial charge is 0.305 e. The van der Waals surface area contributed by atoms with Gasteiger partial charge in [0.1, 0.15) is 6.10 Å². The summed E-state index contributed by atoms with van der Waals surface area (Å²) >= 11 is 0. The Labute approximate surface area is 203 Å². The van der Waals surface area contributed by atoms with Gasteiger partial charge in [-0.25, -0.2) is 0 Å². The number of hydrogen-bond acceptors (Lipinski definition) is 10. The van der Waals surface area contributed by atoms with Crippen molar-refractivity contribution in [3.05, 3.63) is 0 Å². The number of carbonyl (C=O) groups excluding carboxylic acids is 4. The van der Waals surface area contributed by atoms with Crippen LogP contribution in [0.3, 0.4) is 0 Å². The molecule has 0 unspecified atom stereocenters. The molecule has 1 fully saturated rings. The molecule has 34 heavy (non-hydrogen) atoms. The number of carbonyl (C=O) groups is 4. The summed E-state index contributed by atoms with van der Waals surface area (Å²) < 4.78 is 34.1. The van der Waals surface area contributed by atoms with Crippen LogP contribution in [0.2, 0.25) is 16.6 Å². The van der Waals surface area contributed by atoms with Crippen molar-refractivity contribution in [1.82, 2.24) is 0 Å². The summed E-state index contributed by atoms with van der Waals surface area (Å²) in [6.45, 7) is 17.4. The van der Waals surface area contributed by atoms with Gasteiger partial charge in [0.2, 0.25) is 12.4 Å². The van der Waals surface area contributed by atoms with Gasteiger partial charge in [0.05, 0.1) is 6.61 Å². The highest BCUT2D eigenvalue weighted by molar-refractivity contribution is 6.77. The van der Waals surface area contributed by atoms with E-state index in [4.69, 9.17) is 28.1 Å². The minimum atomic E-state index is -2.35. The molecule has 1 aliphatic rings. The molecule has 0 N–H and O–H groups in total. The molecule has 0 aliphatic carbocycles. The molecule has 0 saturated carbocycles. The average Bonchev–Trinajstić information content (AvgIpc) is 2.65. The number of esters is 4. The molecule has 0 amide bonds. The summed E-state index contributed by atoms with van der Waals surface area (Å²) in [5, 5.41) is 0. The molecule has 5 atom stereocenters. The lowest BCUT2D eigenvalue weighted by Crippen LogP contribution is -2.63. The van der Waals surface area contributed by atoms with Crippen LogP contribution >= 0.6 is 0 Å². The zero-order valence-corrected chi connectivity index (χ0v) is 22.9. The van der Waals surface area contributed by atoms with Gasteiger partial charge in [-0.15, -0.1) is 0 Å². The molecule has 11 heteroatoms. The van der Waals surface area contributed by atoms with Gasteiger partial charge in [-0.1, -0.05) is 41.5 Å². The van der Waals surface area contributed by atoms with Gasteiger partial charge in [0, 0.05) is 27.7 Å². The molecule has 0 aromatic heterocycles. The van der Waals surface area contributed by atoms with Crippen molar-refractivity contribution in [1.29, 1.82) is 0 Å². The van der Waals surface area contributed by atoms with E-state index in [-0.39, 0.29) is 23.2 Å². The third kappa shape index (κ3) is 7.51. The van der Waals surface area contributed by atoms with Crippen LogP contribution in [0.5, 0.6) is 0 Å². The fourth-order valence-electron chi connectivity index (χ4n) is 4.97. The zero-order chi connectivity index (χ0) is 26.4. The second-order valence-electron chi connectivity index (χ2n) is 9.50. The Morgan fingerprint density at radius 1 is 0.647 bits per heavy atom. The predicted molar refractivity (Wildman–Crippen MR) is 124 cm³/mol. The first-order valence-electron chi connectivity index (χ1n) is 11.6. The first-order valence-corrected chi connectivity index (χ1v) is 13.8. The van der Waals surface area contributed by atoms with Gasteiger partial charge in [0.25, 0.3) is 0 Å². The van der Waals surface area contributed by atoms with Crippen molar-refractivity contribution in [2.75, 3.05) is 6.61 Å². The Hall–Kier alpha value is -1.98. The van der Waals surface area contributed by atoms with E-state index in [1.807, 2.05) is 0 Å². The van der Waals surface area contributed by atoms with Crippen LogP contribution in [0.1, 0.15) is 69.2 Å². The number of hydrogen-bond donors (Lipinski definition) is 0. The average molecular weight is 505 g/mol. The Kier molecular flexibility index (Phi) is 11.2. The molecule has 0 aromatic rings. The van der Waals surface area contributed by atoms with E-state index in [1.54, 1.807) is 0 Å². The van der Waals surface area contributed by atoms with Crippen LogP contribution in [0.15, 0.2) is 0 Å². The van der Waals surface area contributed by atoms with E-state index in [0.29, 0.717) is 0 Å². The summed E-state index contributed by atoms with van der Waals surface area (Å²) in [7, 11) is -2.35. The summed E-state index contributed by atoms with van der Waals surface area (Å²) in [5.74, 6) is -2.75. The van der Waals surface area contributed by atoms with Gasteiger partial charge < -0.3 is 28.1 Å². The van der Waals surface area contributed by atoms with E-state index in [9.17, 15) is 19.2 Å². The summed E-state index contributed by atoms with van der Waals surface area (Å²) in [5.41, 5.74) is 0.807. The molecule has 196 valence electrons. The third-order valence-electron chi connectivity index (χ3n) is 5.98. The Balaban J connectivity index is 3.47. The maximum absolute atomic E-state index is 12.0. The molecular formula is C23H40O10Si. The van der Waals surface area contributed by atoms with Crippen molar-refractivity contribution in [2.24, 2.45) is 0 Å². The Morgan fingerprint density at radius 3 is 1.41 bits per heavy atom. The lowest BCUT2D eigenvalue weighted by Gasteiger charge is -2.46. The maximum Gasteiger partial charge on any atom is 0.305 e. The van der Waals surface area contributed by atoms with Crippen molar-refractivity contribution >= 4 is 32.2 Å². The molecular weight excluding hydrogens is 464 g/mol. The van der Waals surface area contributed by atoms with Crippen LogP contribution in [0.25, 0.3) is 0 Å². The minimum absolute atomic E-state index is 0.00102. The normalized spacial score (nSPS) is 25.3. The lowest BCUT2D eigenvalue weighted by molar-refractivity contribution is -0.299. The van der Waals surface area contributed by atoms with Gasteiger partial charge in [-0.3, -0.25) is 19.2 Å². The zero-order valence-electron chi connectivity index (χ0n) is 21.9. The summed E-state index contributed by atoms with van der Waals surface area (Å²) in [4.78, 5) is 47.4. The first kappa shape index (κ1) is 30.0. The molecule has 0 bridgehead atoms. The van der Waals surface area contributed by atoms with Crippen molar-refractivity contribution in [3.8, 4) is 0 Å². The summed E-state index contributed by atoms with van der Waals surface area (Å²) in [6.07, 6.45) is -6.11. The van der Waals surface area contributed by atoms with Crippen molar-refractivity contribution in [2.45, 2.75) is 117 Å². The molecule has 10 nitrogen and oxygen atoms in total. The van der Waals surface area contributed by atoms with Crippen LogP contribution in [-0.2, 0) is 47.3 Å². The van der Waals surface area contributed by atoms with E-state index >= 15 is 0 Å². The fraction of sp³-hybridized carbons (Fsp3) is 0.826. The van der Waals surface area contributed by atoms with Gasteiger partial charge in [-0.2, -0.15) is 0 Å². The highest BCUT2D eigenvalue weighted by Gasteiger charge is 2.54. The summed E-state index contributed by atoms with van der Waals surface area (Å²) in [6, 6.07) is 0. The molecule has 0 aromatic carbocycles. The first-order chi connectivity index (χ1) is 15.6. The van der Waals surface area contributed by atoms with Gasteiger partial charge in [-0.05, 0) is 16.6 Å².